The molecule has 6 aromatic rings. The van der Waals surface area contributed by atoms with Gasteiger partial charge in [0.25, 0.3) is 0 Å². The lowest BCUT2D eigenvalue weighted by Crippen LogP contribution is -2.66. The number of alkyl halides is 6. The van der Waals surface area contributed by atoms with Crippen molar-refractivity contribution in [1.29, 1.82) is 0 Å². The summed E-state index contributed by atoms with van der Waals surface area (Å²) in [5.41, 5.74) is -5.30. The third-order valence-corrected chi connectivity index (χ3v) is 18.8. The van der Waals surface area contributed by atoms with E-state index in [0.29, 0.717) is 0 Å². The molecule has 1 nitrogen and oxygen atoms in total. The fraction of sp³-hybridized carbons (Fsp3) is 0.0750. The smallest absolute Gasteiger partial charge is 0.367 e. The number of hydrogen-bond acceptors (Lipinski definition) is 1. The van der Waals surface area contributed by atoms with Crippen molar-refractivity contribution in [2.75, 3.05) is 0 Å². The maximum atomic E-state index is 16.1. The monoisotopic (exact) mass is 703 g/mol. The van der Waals surface area contributed by atoms with E-state index in [0.717, 1.165) is 0 Å². The maximum absolute atomic E-state index is 16.1. The van der Waals surface area contributed by atoms with Crippen LogP contribution in [0.5, 0.6) is 0 Å². The Morgan fingerprint density at radius 3 is 0.837 bits per heavy atom. The zero-order valence-electron chi connectivity index (χ0n) is 25.9. The number of hydrogen-bond donors (Lipinski definition) is 1. The molecule has 0 fully saturated rings. The molecule has 0 aliphatic rings. The Morgan fingerprint density at radius 2 is 0.612 bits per heavy atom. The van der Waals surface area contributed by atoms with Crippen LogP contribution in [0.25, 0.3) is 0 Å². The summed E-state index contributed by atoms with van der Waals surface area (Å²) in [5, 5.41) is 12.7. The highest BCUT2D eigenvalue weighted by atomic mass is 31.2. The van der Waals surface area contributed by atoms with Gasteiger partial charge in [0.1, 0.15) is 28.2 Å². The first-order valence-corrected chi connectivity index (χ1v) is 18.9. The van der Waals surface area contributed by atoms with Crippen LogP contribution in [0.3, 0.4) is 0 Å². The van der Waals surface area contributed by atoms with E-state index < -0.39 is 37.1 Å². The molecule has 0 aromatic heterocycles. The number of benzene rings is 6. The molecule has 0 aliphatic carbocycles. The lowest BCUT2D eigenvalue weighted by atomic mass is 10.1. The van der Waals surface area contributed by atoms with E-state index in [1.807, 2.05) is 0 Å². The second kappa shape index (κ2) is 13.5. The van der Waals surface area contributed by atoms with Gasteiger partial charge in [-0.15, -0.1) is 0 Å². The number of aliphatic hydroxyl groups is 1. The van der Waals surface area contributed by atoms with Crippen LogP contribution in [0.15, 0.2) is 182 Å². The van der Waals surface area contributed by atoms with Crippen LogP contribution in [0.1, 0.15) is 0 Å². The topological polar surface area (TPSA) is 20.2 Å². The molecule has 0 heterocycles. The number of halogens is 6. The largest absolute Gasteiger partial charge is 0.434 e. The van der Waals surface area contributed by atoms with E-state index in [1.54, 1.807) is 182 Å². The average Bonchev–Trinajstić information content (AvgIpc) is 3.13. The minimum absolute atomic E-state index is 0.237. The molecule has 6 rings (SSSR count). The Kier molecular flexibility index (Phi) is 9.48. The third-order valence-electron chi connectivity index (χ3n) is 8.64. The summed E-state index contributed by atoms with van der Waals surface area (Å²) in [6.45, 7) is -4.32. The molecule has 248 valence electrons. The van der Waals surface area contributed by atoms with Gasteiger partial charge in [-0.1, -0.05) is 146 Å². The fourth-order valence-electron chi connectivity index (χ4n) is 6.66. The summed E-state index contributed by atoms with van der Waals surface area (Å²) in [4.78, 5) is 0. The van der Waals surface area contributed by atoms with Crippen molar-refractivity contribution in [3.63, 3.8) is 0 Å². The molecule has 0 spiro atoms. The van der Waals surface area contributed by atoms with Crippen LogP contribution in [-0.2, 0) is 0 Å². The molecule has 49 heavy (non-hydrogen) atoms. The highest BCUT2D eigenvalue weighted by Crippen LogP contribution is 2.71. The number of rotatable bonds is 8. The van der Waals surface area contributed by atoms with Crippen molar-refractivity contribution in [3.8, 4) is 0 Å². The second-order valence-electron chi connectivity index (χ2n) is 11.4. The summed E-state index contributed by atoms with van der Waals surface area (Å²) in [6, 6.07) is 48.3. The standard InChI is InChI=1S/C40H31F6OP2/c41-39(42,43)38(47,40(44,45)46)37(48(31-19-7-1-8-20-31,32-21-9-2-10-22-32)33-23-11-3-12-24-33)49(34-25-13-4-14-26-34,35-27-15-5-16-28-35)36-29-17-6-18-30-36/h1-30,47H/q+1. The average molecular weight is 704 g/mol. The van der Waals surface area contributed by atoms with Crippen LogP contribution >= 0.6 is 14.1 Å². The fourth-order valence-corrected chi connectivity index (χ4v) is 19.0. The predicted molar refractivity (Wildman–Crippen MR) is 192 cm³/mol. The summed E-state index contributed by atoms with van der Waals surface area (Å²) >= 11 is 0. The highest BCUT2D eigenvalue weighted by Gasteiger charge is 2.80. The Bertz CT molecular complexity index is 1820. The maximum Gasteiger partial charge on any atom is 0.434 e. The van der Waals surface area contributed by atoms with Gasteiger partial charge in [-0.25, -0.2) is 0 Å². The zero-order chi connectivity index (χ0) is 34.8. The van der Waals surface area contributed by atoms with Gasteiger partial charge < -0.3 is 5.11 Å². The summed E-state index contributed by atoms with van der Waals surface area (Å²) in [6.07, 6.45) is -12.4. The Morgan fingerprint density at radius 1 is 0.388 bits per heavy atom. The summed E-state index contributed by atoms with van der Waals surface area (Å²) in [7, 11) is -4.32. The third kappa shape index (κ3) is 5.64. The normalized spacial score (nSPS) is 12.8. The van der Waals surface area contributed by atoms with E-state index in [4.69, 9.17) is 0 Å². The Balaban J connectivity index is 2.14. The van der Waals surface area contributed by atoms with E-state index in [-0.39, 0.29) is 31.8 Å². The Labute approximate surface area is 281 Å². The molecule has 0 atom stereocenters. The van der Waals surface area contributed by atoms with Gasteiger partial charge in [0.15, 0.2) is 0 Å². The minimum atomic E-state index is -6.20. The van der Waals surface area contributed by atoms with Gasteiger partial charge in [-0.05, 0) is 52.3 Å². The molecule has 0 amide bonds. The van der Waals surface area contributed by atoms with E-state index in [2.05, 4.69) is 0 Å². The van der Waals surface area contributed by atoms with Gasteiger partial charge in [0.05, 0.1) is 0 Å². The molecule has 0 unspecified atom stereocenters. The lowest BCUT2D eigenvalue weighted by Gasteiger charge is -2.45. The zero-order valence-corrected chi connectivity index (χ0v) is 27.7. The van der Waals surface area contributed by atoms with Crippen LogP contribution in [-0.4, -0.2) is 28.1 Å². The molecule has 0 radical (unpaired) electrons. The molecule has 0 aliphatic heterocycles. The highest BCUT2D eigenvalue weighted by molar-refractivity contribution is 8.20. The summed E-state index contributed by atoms with van der Waals surface area (Å²) < 4.78 is 96.3. The van der Waals surface area contributed by atoms with Crippen molar-refractivity contribution in [1.82, 2.24) is 0 Å². The van der Waals surface area contributed by atoms with E-state index >= 15 is 26.3 Å². The van der Waals surface area contributed by atoms with Crippen LogP contribution in [0.2, 0.25) is 0 Å². The van der Waals surface area contributed by atoms with Gasteiger partial charge in [0, 0.05) is 6.89 Å². The van der Waals surface area contributed by atoms with Gasteiger partial charge >= 0.3 is 18.0 Å². The molecule has 9 heteroatoms. The minimum Gasteiger partial charge on any atom is -0.367 e. The van der Waals surface area contributed by atoms with Gasteiger partial charge in [0.2, 0.25) is 0 Å². The second-order valence-corrected chi connectivity index (χ2v) is 18.4. The molecular weight excluding hydrogens is 672 g/mol. The summed E-state index contributed by atoms with van der Waals surface area (Å²) in [5.74, 6) is 0. The van der Waals surface area contributed by atoms with Crippen molar-refractivity contribution in [2.45, 2.75) is 18.0 Å². The first-order chi connectivity index (χ1) is 23.5. The SMILES string of the molecule is OC(C(=P(c1ccccc1)(c1ccccc1)c1ccccc1)[P+](c1ccccc1)(c1ccccc1)c1ccccc1)(C(F)(F)F)C(F)(F)F. The molecule has 0 saturated carbocycles. The van der Waals surface area contributed by atoms with Crippen molar-refractivity contribution >= 4 is 51.0 Å². The molecule has 0 bridgehead atoms. The van der Waals surface area contributed by atoms with E-state index in [9.17, 15) is 5.11 Å². The predicted octanol–water partition coefficient (Wildman–Crippen LogP) is 7.96. The molecule has 6 aromatic carbocycles. The van der Waals surface area contributed by atoms with Crippen LogP contribution in [0.4, 0.5) is 26.3 Å². The first kappa shape index (κ1) is 34.5. The van der Waals surface area contributed by atoms with Crippen molar-refractivity contribution in [3.05, 3.63) is 182 Å². The van der Waals surface area contributed by atoms with E-state index in [1.165, 1.54) is 0 Å². The quantitative estimate of drug-likeness (QED) is 0.126. The van der Waals surface area contributed by atoms with Gasteiger partial charge in [-0.3, -0.25) is 0 Å². The lowest BCUT2D eigenvalue weighted by molar-refractivity contribution is -0.336. The molecular formula is C40H31F6OP2+. The van der Waals surface area contributed by atoms with Crippen LogP contribution < -0.4 is 31.8 Å². The van der Waals surface area contributed by atoms with Crippen molar-refractivity contribution in [2.24, 2.45) is 0 Å². The molecule has 0 saturated heterocycles. The molecule has 1 N–H and O–H groups in total. The van der Waals surface area contributed by atoms with Crippen molar-refractivity contribution < 1.29 is 31.4 Å². The first-order valence-electron chi connectivity index (χ1n) is 15.4. The Hall–Kier alpha value is -4.41. The van der Waals surface area contributed by atoms with Gasteiger partial charge in [-0.2, -0.15) is 26.3 Å². The van der Waals surface area contributed by atoms with Crippen LogP contribution in [0, 0.1) is 0 Å².